The molecule has 3 N–H and O–H groups in total. The molecule has 7 heteroatoms. The molecule has 7 nitrogen and oxygen atoms in total. The summed E-state index contributed by atoms with van der Waals surface area (Å²) in [5.41, 5.74) is 6.29. The Bertz CT molecular complexity index is 1050. The summed E-state index contributed by atoms with van der Waals surface area (Å²) < 4.78 is 5.49. The van der Waals surface area contributed by atoms with E-state index in [2.05, 4.69) is 57.4 Å². The topological polar surface area (TPSA) is 80.8 Å². The fourth-order valence-electron chi connectivity index (χ4n) is 4.20. The van der Waals surface area contributed by atoms with Gasteiger partial charge in [0.1, 0.15) is 0 Å². The van der Waals surface area contributed by atoms with Crippen molar-refractivity contribution in [2.24, 2.45) is 0 Å². The van der Waals surface area contributed by atoms with E-state index in [0.717, 1.165) is 64.5 Å². The summed E-state index contributed by atoms with van der Waals surface area (Å²) >= 11 is 0. The van der Waals surface area contributed by atoms with Gasteiger partial charge in [0, 0.05) is 62.4 Å². The van der Waals surface area contributed by atoms with Gasteiger partial charge in [0.25, 0.3) is 5.91 Å². The monoisotopic (exact) mass is 448 g/mol. The summed E-state index contributed by atoms with van der Waals surface area (Å²) in [6, 6.07) is 16.7. The number of H-pyrrole nitrogens is 1. The molecule has 174 valence electrons. The summed E-state index contributed by atoms with van der Waals surface area (Å²) in [6.07, 6.45) is 6.12. The van der Waals surface area contributed by atoms with E-state index in [1.807, 2.05) is 12.1 Å². The predicted octanol–water partition coefficient (Wildman–Crippen LogP) is 3.06. The third kappa shape index (κ3) is 6.76. The minimum atomic E-state index is -0.536. The van der Waals surface area contributed by atoms with Crippen molar-refractivity contribution in [3.05, 3.63) is 77.5 Å². The molecule has 1 aromatic heterocycles. The number of hydrogen-bond donors (Lipinski definition) is 3. The minimum absolute atomic E-state index is 0.536. The Balaban J connectivity index is 1.40. The zero-order valence-electron chi connectivity index (χ0n) is 18.9. The molecule has 1 aliphatic rings. The van der Waals surface area contributed by atoms with Crippen molar-refractivity contribution in [3.8, 4) is 0 Å². The quantitative estimate of drug-likeness (QED) is 0.252. The molecule has 1 amide bonds. The third-order valence-corrected chi connectivity index (χ3v) is 6.13. The SMILES string of the molecule is O=C(/C=C/c1ccc(CN(CCc2c[nH]c3ccccc23)CCN2CCOCC2)cc1)NO. The normalized spacial score (nSPS) is 15.0. The molecule has 1 aliphatic heterocycles. The first-order valence-corrected chi connectivity index (χ1v) is 11.5. The maximum Gasteiger partial charge on any atom is 0.267 e. The van der Waals surface area contributed by atoms with E-state index in [1.165, 1.54) is 28.1 Å². The number of morpholine rings is 1. The maximum absolute atomic E-state index is 11.2. The maximum atomic E-state index is 11.2. The fourth-order valence-corrected chi connectivity index (χ4v) is 4.20. The molecule has 0 radical (unpaired) electrons. The molecule has 0 unspecified atom stereocenters. The highest BCUT2D eigenvalue weighted by Gasteiger charge is 2.14. The highest BCUT2D eigenvalue weighted by molar-refractivity contribution is 5.90. The van der Waals surface area contributed by atoms with Crippen LogP contribution in [0.15, 0.2) is 60.8 Å². The van der Waals surface area contributed by atoms with Crippen molar-refractivity contribution < 1.29 is 14.7 Å². The van der Waals surface area contributed by atoms with Crippen LogP contribution in [-0.4, -0.2) is 71.8 Å². The second kappa shape index (κ2) is 11.8. The van der Waals surface area contributed by atoms with Crippen molar-refractivity contribution in [1.82, 2.24) is 20.3 Å². The van der Waals surface area contributed by atoms with Crippen molar-refractivity contribution >= 4 is 22.9 Å². The van der Waals surface area contributed by atoms with Crippen LogP contribution in [0.1, 0.15) is 16.7 Å². The molecule has 0 spiro atoms. The highest BCUT2D eigenvalue weighted by Crippen LogP contribution is 2.19. The van der Waals surface area contributed by atoms with Gasteiger partial charge in [-0.1, -0.05) is 42.5 Å². The van der Waals surface area contributed by atoms with Gasteiger partial charge in [0.15, 0.2) is 0 Å². The van der Waals surface area contributed by atoms with E-state index in [4.69, 9.17) is 9.94 Å². The van der Waals surface area contributed by atoms with E-state index >= 15 is 0 Å². The standard InChI is InChI=1S/C26H32N4O3/c31-26(28-32)10-9-21-5-7-22(8-6-21)20-30(14-13-29-15-17-33-18-16-29)12-11-23-19-27-25-4-2-1-3-24(23)25/h1-10,19,27,32H,11-18,20H2,(H,28,31)/b10-9+. The first-order chi connectivity index (χ1) is 16.2. The van der Waals surface area contributed by atoms with Crippen LogP contribution in [0.2, 0.25) is 0 Å². The zero-order valence-corrected chi connectivity index (χ0v) is 18.9. The number of aromatic amines is 1. The van der Waals surface area contributed by atoms with Gasteiger partial charge in [0.2, 0.25) is 0 Å². The van der Waals surface area contributed by atoms with Gasteiger partial charge in [-0.05, 0) is 35.3 Å². The van der Waals surface area contributed by atoms with Crippen LogP contribution in [0.5, 0.6) is 0 Å². The van der Waals surface area contributed by atoms with E-state index in [1.54, 1.807) is 11.6 Å². The van der Waals surface area contributed by atoms with E-state index in [-0.39, 0.29) is 0 Å². The van der Waals surface area contributed by atoms with E-state index in [0.29, 0.717) is 0 Å². The summed E-state index contributed by atoms with van der Waals surface area (Å²) in [5.74, 6) is -0.536. The number of carbonyl (C=O) groups is 1. The molecule has 2 heterocycles. The van der Waals surface area contributed by atoms with Gasteiger partial charge in [-0.2, -0.15) is 0 Å². The first-order valence-electron chi connectivity index (χ1n) is 11.5. The number of ether oxygens (including phenoxy) is 1. The van der Waals surface area contributed by atoms with E-state index < -0.39 is 5.91 Å². The first kappa shape index (κ1) is 23.2. The smallest absolute Gasteiger partial charge is 0.267 e. The van der Waals surface area contributed by atoms with Crippen LogP contribution in [-0.2, 0) is 22.5 Å². The molecule has 33 heavy (non-hydrogen) atoms. The molecule has 1 fully saturated rings. The molecular formula is C26H32N4O3. The van der Waals surface area contributed by atoms with Crippen LogP contribution >= 0.6 is 0 Å². The number of amides is 1. The third-order valence-electron chi connectivity index (χ3n) is 6.13. The van der Waals surface area contributed by atoms with Crippen LogP contribution in [0.4, 0.5) is 0 Å². The number of rotatable bonds is 10. The molecular weight excluding hydrogens is 416 g/mol. The molecule has 1 saturated heterocycles. The van der Waals surface area contributed by atoms with Crippen LogP contribution < -0.4 is 5.48 Å². The Kier molecular flexibility index (Phi) is 8.27. The number of hydrogen-bond acceptors (Lipinski definition) is 5. The average molecular weight is 449 g/mol. The highest BCUT2D eigenvalue weighted by atomic mass is 16.5. The van der Waals surface area contributed by atoms with Crippen molar-refractivity contribution in [2.45, 2.75) is 13.0 Å². The molecule has 2 aromatic carbocycles. The lowest BCUT2D eigenvalue weighted by Crippen LogP contribution is -2.41. The van der Waals surface area contributed by atoms with Crippen molar-refractivity contribution in [1.29, 1.82) is 0 Å². The number of para-hydroxylation sites is 1. The molecule has 0 aliphatic carbocycles. The summed E-state index contributed by atoms with van der Waals surface area (Å²) in [6.45, 7) is 7.52. The van der Waals surface area contributed by atoms with Gasteiger partial charge in [-0.3, -0.25) is 19.8 Å². The number of fused-ring (bicyclic) bond motifs is 1. The lowest BCUT2D eigenvalue weighted by Gasteiger charge is -2.30. The average Bonchev–Trinajstić information content (AvgIpc) is 3.28. The van der Waals surface area contributed by atoms with Crippen molar-refractivity contribution in [3.63, 3.8) is 0 Å². The molecule has 4 rings (SSSR count). The Labute approximate surface area is 194 Å². The number of aromatic nitrogens is 1. The van der Waals surface area contributed by atoms with Gasteiger partial charge in [-0.15, -0.1) is 0 Å². The molecule has 0 bridgehead atoms. The van der Waals surface area contributed by atoms with Crippen LogP contribution in [0.25, 0.3) is 17.0 Å². The fraction of sp³-hybridized carbons (Fsp3) is 0.346. The molecule has 0 atom stereocenters. The summed E-state index contributed by atoms with van der Waals surface area (Å²) in [4.78, 5) is 19.6. The van der Waals surface area contributed by atoms with Gasteiger partial charge >= 0.3 is 0 Å². The number of nitrogens with one attached hydrogen (secondary N) is 2. The molecule has 3 aromatic rings. The van der Waals surface area contributed by atoms with Crippen LogP contribution in [0.3, 0.4) is 0 Å². The van der Waals surface area contributed by atoms with E-state index in [9.17, 15) is 4.79 Å². The number of nitrogens with zero attached hydrogens (tertiary/aromatic N) is 2. The van der Waals surface area contributed by atoms with Gasteiger partial charge in [-0.25, -0.2) is 5.48 Å². The lowest BCUT2D eigenvalue weighted by atomic mass is 10.1. The predicted molar refractivity (Wildman–Crippen MR) is 130 cm³/mol. The Hall–Kier alpha value is -2.97. The number of hydroxylamine groups is 1. The number of carbonyl (C=O) groups excluding carboxylic acids is 1. The Morgan fingerprint density at radius 3 is 2.70 bits per heavy atom. The zero-order chi connectivity index (χ0) is 22.9. The van der Waals surface area contributed by atoms with Gasteiger partial charge in [0.05, 0.1) is 13.2 Å². The Morgan fingerprint density at radius 2 is 1.91 bits per heavy atom. The lowest BCUT2D eigenvalue weighted by molar-refractivity contribution is -0.124. The van der Waals surface area contributed by atoms with Crippen LogP contribution in [0, 0.1) is 0 Å². The van der Waals surface area contributed by atoms with Gasteiger partial charge < -0.3 is 9.72 Å². The summed E-state index contributed by atoms with van der Waals surface area (Å²) in [5, 5.41) is 9.91. The molecule has 0 saturated carbocycles. The summed E-state index contributed by atoms with van der Waals surface area (Å²) in [7, 11) is 0. The Morgan fingerprint density at radius 1 is 1.12 bits per heavy atom. The second-order valence-electron chi connectivity index (χ2n) is 8.39. The minimum Gasteiger partial charge on any atom is -0.379 e. The second-order valence-corrected chi connectivity index (χ2v) is 8.39. The largest absolute Gasteiger partial charge is 0.379 e. The number of benzene rings is 2. The van der Waals surface area contributed by atoms with Crippen molar-refractivity contribution in [2.75, 3.05) is 45.9 Å².